The van der Waals surface area contributed by atoms with E-state index in [4.69, 9.17) is 0 Å². The molecule has 1 heterocycles. The van der Waals surface area contributed by atoms with Gasteiger partial charge in [0.05, 0.1) is 5.71 Å². The van der Waals surface area contributed by atoms with Crippen molar-refractivity contribution in [1.82, 2.24) is 5.32 Å². The van der Waals surface area contributed by atoms with E-state index < -0.39 is 0 Å². The summed E-state index contributed by atoms with van der Waals surface area (Å²) in [6, 6.07) is 6.61. The highest BCUT2D eigenvalue weighted by molar-refractivity contribution is 8.14. The van der Waals surface area contributed by atoms with Gasteiger partial charge in [0.25, 0.3) is 0 Å². The van der Waals surface area contributed by atoms with Crippen molar-refractivity contribution < 1.29 is 4.39 Å². The summed E-state index contributed by atoms with van der Waals surface area (Å²) in [5.41, 5.74) is 1.21. The predicted octanol–water partition coefficient (Wildman–Crippen LogP) is 2.27. The summed E-state index contributed by atoms with van der Waals surface area (Å²) in [5.74, 6) is 0.389. The van der Waals surface area contributed by atoms with Crippen molar-refractivity contribution in [3.05, 3.63) is 35.6 Å². The van der Waals surface area contributed by atoms with E-state index in [1.54, 1.807) is 25.2 Å². The van der Waals surface area contributed by atoms with Crippen LogP contribution in [0.15, 0.2) is 34.5 Å². The first-order valence-corrected chi connectivity index (χ1v) is 5.50. The summed E-state index contributed by atoms with van der Waals surface area (Å²) in [7, 11) is 1.79. The fourth-order valence-electron chi connectivity index (χ4n) is 1.25. The fraction of sp³-hybridized carbons (Fsp3) is 0.200. The van der Waals surface area contributed by atoms with Crippen LogP contribution in [0.25, 0.3) is 0 Å². The highest BCUT2D eigenvalue weighted by atomic mass is 35.5. The maximum Gasteiger partial charge on any atom is 0.183 e. The molecular weight excluding hydrogens is 249 g/mol. The van der Waals surface area contributed by atoms with Gasteiger partial charge in [0, 0.05) is 18.4 Å². The Labute approximate surface area is 104 Å². The van der Waals surface area contributed by atoms with Gasteiger partial charge in [-0.15, -0.1) is 17.5 Å². The zero-order valence-corrected chi connectivity index (χ0v) is 10.2. The average molecular weight is 260 g/mol. The van der Waals surface area contributed by atoms with Crippen molar-refractivity contribution >= 4 is 35.0 Å². The summed E-state index contributed by atoms with van der Waals surface area (Å²) < 4.78 is 13.4. The Balaban J connectivity index is 0.00000128. The molecule has 0 aromatic heterocycles. The first-order chi connectivity index (χ1) is 7.31. The van der Waals surface area contributed by atoms with Crippen LogP contribution < -0.4 is 5.32 Å². The van der Waals surface area contributed by atoms with Crippen LogP contribution in [-0.4, -0.2) is 23.7 Å². The Kier molecular flexibility index (Phi) is 4.76. The van der Waals surface area contributed by atoms with Gasteiger partial charge >= 0.3 is 0 Å². The van der Waals surface area contributed by atoms with Gasteiger partial charge in [0.1, 0.15) is 5.82 Å². The highest BCUT2D eigenvalue weighted by Crippen LogP contribution is 2.16. The molecule has 1 aromatic rings. The second-order valence-electron chi connectivity index (χ2n) is 2.97. The monoisotopic (exact) mass is 259 g/mol. The molecule has 0 atom stereocenters. The molecule has 1 aliphatic rings. The van der Waals surface area contributed by atoms with Crippen LogP contribution in [0, 0.1) is 5.82 Å². The van der Waals surface area contributed by atoms with Crippen LogP contribution in [0.1, 0.15) is 5.56 Å². The van der Waals surface area contributed by atoms with Gasteiger partial charge in [-0.25, -0.2) is 4.39 Å². The minimum Gasteiger partial charge on any atom is -0.366 e. The molecule has 0 aliphatic carbocycles. The third-order valence-corrected chi connectivity index (χ3v) is 2.98. The molecule has 6 heteroatoms. The van der Waals surface area contributed by atoms with Gasteiger partial charge in [-0.2, -0.15) is 5.10 Å². The number of halogens is 2. The van der Waals surface area contributed by atoms with Crippen molar-refractivity contribution in [2.24, 2.45) is 10.2 Å². The molecule has 0 amide bonds. The Morgan fingerprint density at radius 3 is 2.62 bits per heavy atom. The van der Waals surface area contributed by atoms with E-state index in [0.717, 1.165) is 5.17 Å². The van der Waals surface area contributed by atoms with Crippen LogP contribution in [0.3, 0.4) is 0 Å². The van der Waals surface area contributed by atoms with E-state index >= 15 is 0 Å². The maximum absolute atomic E-state index is 13.4. The first kappa shape index (κ1) is 13.0. The molecule has 0 bridgehead atoms. The minimum atomic E-state index is -0.250. The van der Waals surface area contributed by atoms with Crippen LogP contribution in [0.4, 0.5) is 4.39 Å². The topological polar surface area (TPSA) is 36.8 Å². The number of thioether (sulfide) groups is 1. The Morgan fingerprint density at radius 2 is 2.06 bits per heavy atom. The molecule has 0 spiro atoms. The molecule has 0 fully saturated rings. The number of benzene rings is 1. The van der Waals surface area contributed by atoms with E-state index in [9.17, 15) is 4.39 Å². The van der Waals surface area contributed by atoms with E-state index in [1.165, 1.54) is 17.8 Å². The summed E-state index contributed by atoms with van der Waals surface area (Å²) >= 11 is 1.52. The van der Waals surface area contributed by atoms with Crippen LogP contribution in [-0.2, 0) is 0 Å². The van der Waals surface area contributed by atoms with Crippen molar-refractivity contribution in [1.29, 1.82) is 0 Å². The first-order valence-electron chi connectivity index (χ1n) is 4.51. The summed E-state index contributed by atoms with van der Waals surface area (Å²) in [6.07, 6.45) is 0. The van der Waals surface area contributed by atoms with Crippen molar-refractivity contribution in [3.63, 3.8) is 0 Å². The minimum absolute atomic E-state index is 0. The quantitative estimate of drug-likeness (QED) is 0.840. The number of hydrogen-bond donors (Lipinski definition) is 1. The smallest absolute Gasteiger partial charge is 0.183 e. The Bertz CT molecular complexity index is 434. The Morgan fingerprint density at radius 1 is 1.31 bits per heavy atom. The standard InChI is InChI=1S/C10H10FN3S.ClH/c1-12-10-14-13-9(6-15-10)7-4-2-3-5-8(7)11;/h2-5H,6H2,1H3,(H,12,14);1H. The van der Waals surface area contributed by atoms with E-state index in [-0.39, 0.29) is 18.2 Å². The maximum atomic E-state index is 13.4. The molecule has 1 aromatic carbocycles. The van der Waals surface area contributed by atoms with Gasteiger partial charge in [0.15, 0.2) is 5.17 Å². The van der Waals surface area contributed by atoms with Crippen LogP contribution >= 0.6 is 24.2 Å². The summed E-state index contributed by atoms with van der Waals surface area (Å²) in [4.78, 5) is 0. The lowest BCUT2D eigenvalue weighted by atomic mass is 10.1. The SMILES string of the molecule is CNC1=NN=C(c2ccccc2F)CS1.Cl. The molecule has 0 saturated heterocycles. The number of nitrogens with one attached hydrogen (secondary N) is 1. The van der Waals surface area contributed by atoms with Crippen LogP contribution in [0.2, 0.25) is 0 Å². The number of hydrogen-bond acceptors (Lipinski definition) is 4. The largest absolute Gasteiger partial charge is 0.366 e. The molecule has 1 aliphatic heterocycles. The van der Waals surface area contributed by atoms with Gasteiger partial charge in [-0.3, -0.25) is 0 Å². The predicted molar refractivity (Wildman–Crippen MR) is 69.1 cm³/mol. The Hall–Kier alpha value is -1.07. The van der Waals surface area contributed by atoms with Gasteiger partial charge in [-0.05, 0) is 6.07 Å². The zero-order chi connectivity index (χ0) is 10.7. The zero-order valence-electron chi connectivity index (χ0n) is 8.61. The van der Waals surface area contributed by atoms with Gasteiger partial charge < -0.3 is 5.32 Å². The lowest BCUT2D eigenvalue weighted by Crippen LogP contribution is -2.20. The molecule has 0 saturated carbocycles. The van der Waals surface area contributed by atoms with Gasteiger partial charge in [-0.1, -0.05) is 30.0 Å². The van der Waals surface area contributed by atoms with E-state index in [2.05, 4.69) is 15.5 Å². The van der Waals surface area contributed by atoms with Gasteiger partial charge in [0.2, 0.25) is 0 Å². The lowest BCUT2D eigenvalue weighted by Gasteiger charge is -2.11. The normalized spacial score (nSPS) is 14.6. The van der Waals surface area contributed by atoms with E-state index in [1.807, 2.05) is 0 Å². The highest BCUT2D eigenvalue weighted by Gasteiger charge is 2.14. The number of rotatable bonds is 1. The third-order valence-electron chi connectivity index (χ3n) is 2.01. The fourth-order valence-corrected chi connectivity index (χ4v) is 1.98. The average Bonchev–Trinajstić information content (AvgIpc) is 2.30. The van der Waals surface area contributed by atoms with E-state index in [0.29, 0.717) is 17.0 Å². The molecular formula is C10H11ClFN3S. The van der Waals surface area contributed by atoms with Crippen LogP contribution in [0.5, 0.6) is 0 Å². The van der Waals surface area contributed by atoms with Crippen molar-refractivity contribution in [3.8, 4) is 0 Å². The number of nitrogens with zero attached hydrogens (tertiary/aromatic N) is 2. The molecule has 86 valence electrons. The lowest BCUT2D eigenvalue weighted by molar-refractivity contribution is 0.625. The molecule has 16 heavy (non-hydrogen) atoms. The summed E-state index contributed by atoms with van der Waals surface area (Å²) in [5, 5.41) is 11.6. The number of amidine groups is 1. The van der Waals surface area contributed by atoms with Crippen molar-refractivity contribution in [2.75, 3.05) is 12.8 Å². The molecule has 0 unspecified atom stereocenters. The molecule has 2 rings (SSSR count). The second-order valence-corrected chi connectivity index (χ2v) is 3.93. The molecule has 3 nitrogen and oxygen atoms in total. The molecule has 0 radical (unpaired) electrons. The molecule has 1 N–H and O–H groups in total. The second kappa shape index (κ2) is 5.86. The van der Waals surface area contributed by atoms with Crippen molar-refractivity contribution in [2.45, 2.75) is 0 Å². The summed E-state index contributed by atoms with van der Waals surface area (Å²) in [6.45, 7) is 0. The third kappa shape index (κ3) is 2.74.